The van der Waals surface area contributed by atoms with Crippen LogP contribution in [0, 0.1) is 0 Å². The number of anilines is 1. The summed E-state index contributed by atoms with van der Waals surface area (Å²) in [5.74, 6) is 0.516. The smallest absolute Gasteiger partial charge is 0.416 e. The Labute approximate surface area is 303 Å². The van der Waals surface area contributed by atoms with Crippen molar-refractivity contribution in [3.05, 3.63) is 88.7 Å². The fourth-order valence-electron chi connectivity index (χ4n) is 5.47. The molecule has 0 saturated heterocycles. The Bertz CT molecular complexity index is 1830. The number of carboxylic acids is 1. The lowest BCUT2D eigenvalue weighted by Crippen LogP contribution is -2.25. The maximum absolute atomic E-state index is 13.9. The van der Waals surface area contributed by atoms with Crippen LogP contribution in [0.5, 0.6) is 23.0 Å². The zero-order chi connectivity index (χ0) is 39.1. The van der Waals surface area contributed by atoms with Crippen molar-refractivity contribution in [3.8, 4) is 34.1 Å². The minimum absolute atomic E-state index is 0.0378. The van der Waals surface area contributed by atoms with Gasteiger partial charge in [0.15, 0.2) is 17.2 Å². The van der Waals surface area contributed by atoms with Crippen LogP contribution < -0.4 is 23.8 Å². The minimum Gasteiger partial charge on any atom is -0.493 e. The fourth-order valence-corrected chi connectivity index (χ4v) is 5.47. The van der Waals surface area contributed by atoms with Crippen molar-refractivity contribution in [2.24, 2.45) is 0 Å². The number of alkyl halides is 6. The molecule has 0 atom stereocenters. The lowest BCUT2D eigenvalue weighted by atomic mass is 9.93. The van der Waals surface area contributed by atoms with Gasteiger partial charge in [-0.15, -0.1) is 0 Å². The Morgan fingerprint density at radius 1 is 0.792 bits per heavy atom. The van der Waals surface area contributed by atoms with Gasteiger partial charge in [0.1, 0.15) is 5.75 Å². The molecule has 53 heavy (non-hydrogen) atoms. The molecule has 1 aromatic heterocycles. The Morgan fingerprint density at radius 3 is 1.92 bits per heavy atom. The van der Waals surface area contributed by atoms with E-state index >= 15 is 0 Å². The molecular weight excluding hydrogens is 708 g/mol. The molecule has 9 nitrogen and oxygen atoms in total. The number of nitrogens with zero attached hydrogens (tertiary/aromatic N) is 3. The number of rotatable bonds is 16. The van der Waals surface area contributed by atoms with Crippen LogP contribution in [0.3, 0.4) is 0 Å². The second-order valence-corrected chi connectivity index (χ2v) is 12.8. The molecule has 0 amide bonds. The van der Waals surface area contributed by atoms with Crippen molar-refractivity contribution < 1.29 is 55.2 Å². The maximum atomic E-state index is 13.9. The summed E-state index contributed by atoms with van der Waals surface area (Å²) in [5.41, 5.74) is -0.411. The van der Waals surface area contributed by atoms with Crippen molar-refractivity contribution in [2.75, 3.05) is 25.7 Å². The number of ether oxygens (including phenoxy) is 4. The average molecular weight is 750 g/mol. The van der Waals surface area contributed by atoms with Gasteiger partial charge in [0.2, 0.25) is 5.95 Å². The highest BCUT2D eigenvalue weighted by Crippen LogP contribution is 2.42. The van der Waals surface area contributed by atoms with Gasteiger partial charge in [-0.3, -0.25) is 4.79 Å². The molecule has 0 aliphatic heterocycles. The summed E-state index contributed by atoms with van der Waals surface area (Å²) < 4.78 is 106. The van der Waals surface area contributed by atoms with E-state index in [1.165, 1.54) is 31.5 Å². The molecule has 286 valence electrons. The number of carboxylic acid groups (broad SMARTS) is 1. The molecule has 15 heteroatoms. The lowest BCUT2D eigenvalue weighted by Gasteiger charge is -2.27. The van der Waals surface area contributed by atoms with Gasteiger partial charge in [-0.2, -0.15) is 26.3 Å². The van der Waals surface area contributed by atoms with E-state index in [9.17, 15) is 31.1 Å². The molecule has 0 aliphatic carbocycles. The van der Waals surface area contributed by atoms with E-state index in [-0.39, 0.29) is 61.3 Å². The number of hydrogen-bond acceptors (Lipinski definition) is 8. The summed E-state index contributed by atoms with van der Waals surface area (Å²) in [5, 5.41) is 8.89. The van der Waals surface area contributed by atoms with Crippen LogP contribution >= 0.6 is 0 Å². The SMILES string of the molecule is COc1cc(CN(Cc2cc(C(F)(F)F)cc(C(F)(F)F)c2)c2ncc(OCCCC(=O)O)cn2)c(-c2cc(C(C)C)ccc2OC(C)C)cc1OC. The van der Waals surface area contributed by atoms with Gasteiger partial charge in [-0.25, -0.2) is 9.97 Å². The van der Waals surface area contributed by atoms with Crippen LogP contribution in [0.25, 0.3) is 11.1 Å². The minimum atomic E-state index is -5.05. The second kappa shape index (κ2) is 17.1. The molecule has 0 unspecified atom stereocenters. The summed E-state index contributed by atoms with van der Waals surface area (Å²) in [6.45, 7) is 7.26. The van der Waals surface area contributed by atoms with Gasteiger partial charge >= 0.3 is 18.3 Å². The molecule has 0 bridgehead atoms. The number of halogens is 6. The summed E-state index contributed by atoms with van der Waals surface area (Å²) >= 11 is 0. The van der Waals surface area contributed by atoms with Gasteiger partial charge in [-0.05, 0) is 90.9 Å². The van der Waals surface area contributed by atoms with Crippen LogP contribution in [0.4, 0.5) is 32.3 Å². The largest absolute Gasteiger partial charge is 0.493 e. The van der Waals surface area contributed by atoms with Crippen LogP contribution in [-0.4, -0.2) is 48.0 Å². The third kappa shape index (κ3) is 10.9. The molecule has 3 aromatic carbocycles. The van der Waals surface area contributed by atoms with Crippen LogP contribution in [-0.2, 0) is 30.2 Å². The van der Waals surface area contributed by atoms with Crippen molar-refractivity contribution in [1.29, 1.82) is 0 Å². The standard InChI is InChI=1S/C38H41F6N3O6/c1-22(2)25-9-10-32(53-23(3)4)31(14-25)30-17-34(51-6)33(50-5)15-26(30)21-47(36-45-18-29(19-46-36)52-11-7-8-35(48)49)20-24-12-27(37(39,40)41)16-28(13-24)38(42,43)44/h9-10,12-19,22-23H,7-8,11,20-21H2,1-6H3,(H,48,49). The normalized spacial score (nSPS) is 11.9. The molecule has 1 N–H and O–H groups in total. The monoisotopic (exact) mass is 749 g/mol. The number of aliphatic carboxylic acids is 1. The highest BCUT2D eigenvalue weighted by Gasteiger charge is 2.37. The summed E-state index contributed by atoms with van der Waals surface area (Å²) in [6.07, 6.45) is -7.65. The van der Waals surface area contributed by atoms with Crippen molar-refractivity contribution in [3.63, 3.8) is 0 Å². The maximum Gasteiger partial charge on any atom is 0.416 e. The van der Waals surface area contributed by atoms with Crippen LogP contribution in [0.1, 0.15) is 74.3 Å². The quantitative estimate of drug-likeness (QED) is 0.0886. The fraction of sp³-hybridized carbons (Fsp3) is 0.395. The van der Waals surface area contributed by atoms with Gasteiger partial charge < -0.3 is 29.0 Å². The first kappa shape index (κ1) is 40.6. The van der Waals surface area contributed by atoms with Gasteiger partial charge in [0.25, 0.3) is 0 Å². The Hall–Kier alpha value is -5.21. The Morgan fingerprint density at radius 2 is 1.40 bits per heavy atom. The molecule has 0 radical (unpaired) electrons. The lowest BCUT2D eigenvalue weighted by molar-refractivity contribution is -0.143. The van der Waals surface area contributed by atoms with Crippen molar-refractivity contribution in [2.45, 2.75) is 78.0 Å². The molecule has 0 saturated carbocycles. The van der Waals surface area contributed by atoms with E-state index in [0.717, 1.165) is 5.56 Å². The van der Waals surface area contributed by atoms with Crippen LogP contribution in [0.2, 0.25) is 0 Å². The van der Waals surface area contributed by atoms with E-state index in [2.05, 4.69) is 9.97 Å². The number of methoxy groups -OCH3 is 2. The highest BCUT2D eigenvalue weighted by molar-refractivity contribution is 5.77. The van der Waals surface area contributed by atoms with E-state index < -0.39 is 36.0 Å². The number of aromatic nitrogens is 2. The molecule has 1 heterocycles. The second-order valence-electron chi connectivity index (χ2n) is 12.8. The van der Waals surface area contributed by atoms with Gasteiger partial charge in [0.05, 0.1) is 50.5 Å². The summed E-state index contributed by atoms with van der Waals surface area (Å²) in [6, 6.07) is 10.6. The van der Waals surface area contributed by atoms with Gasteiger partial charge in [-0.1, -0.05) is 19.9 Å². The third-order valence-corrected chi connectivity index (χ3v) is 8.02. The first-order valence-electron chi connectivity index (χ1n) is 16.6. The van der Waals surface area contributed by atoms with Crippen molar-refractivity contribution in [1.82, 2.24) is 9.97 Å². The highest BCUT2D eigenvalue weighted by atomic mass is 19.4. The van der Waals surface area contributed by atoms with Crippen LogP contribution in [0.15, 0.2) is 60.9 Å². The summed E-state index contributed by atoms with van der Waals surface area (Å²) in [7, 11) is 2.90. The number of carbonyl (C=O) groups is 1. The predicted octanol–water partition coefficient (Wildman–Crippen LogP) is 9.56. The van der Waals surface area contributed by atoms with E-state index in [4.69, 9.17) is 24.1 Å². The molecular formula is C38H41F6N3O6. The molecule has 0 spiro atoms. The number of hydrogen-bond donors (Lipinski definition) is 1. The first-order valence-corrected chi connectivity index (χ1v) is 16.6. The molecule has 4 aromatic rings. The van der Waals surface area contributed by atoms with Crippen molar-refractivity contribution >= 4 is 11.9 Å². The van der Waals surface area contributed by atoms with Gasteiger partial charge in [0, 0.05) is 25.1 Å². The Balaban J connectivity index is 1.90. The number of benzene rings is 3. The zero-order valence-corrected chi connectivity index (χ0v) is 30.1. The van der Waals surface area contributed by atoms with E-state index in [1.807, 2.05) is 45.9 Å². The van der Waals surface area contributed by atoms with E-state index in [1.54, 1.807) is 12.1 Å². The average Bonchev–Trinajstić information content (AvgIpc) is 3.08. The molecule has 4 rings (SSSR count). The topological polar surface area (TPSA) is 103 Å². The van der Waals surface area contributed by atoms with E-state index in [0.29, 0.717) is 46.1 Å². The summed E-state index contributed by atoms with van der Waals surface area (Å²) in [4.78, 5) is 21.0. The third-order valence-electron chi connectivity index (χ3n) is 8.02. The molecule has 0 aliphatic rings. The predicted molar refractivity (Wildman–Crippen MR) is 186 cm³/mol. The zero-order valence-electron chi connectivity index (χ0n) is 30.1. The Kier molecular flexibility index (Phi) is 13.1. The molecule has 0 fully saturated rings. The first-order chi connectivity index (χ1) is 24.9.